The van der Waals surface area contributed by atoms with Crippen molar-refractivity contribution in [1.29, 1.82) is 0 Å². The van der Waals surface area contributed by atoms with Crippen molar-refractivity contribution >= 4 is 12.3 Å². The first-order chi connectivity index (χ1) is 8.21. The van der Waals surface area contributed by atoms with Gasteiger partial charge in [0.1, 0.15) is 0 Å². The van der Waals surface area contributed by atoms with E-state index in [1.165, 1.54) is 0 Å². The molecule has 5 nitrogen and oxygen atoms in total. The Labute approximate surface area is 99.7 Å². The lowest BCUT2D eigenvalue weighted by molar-refractivity contribution is -0.125. The summed E-state index contributed by atoms with van der Waals surface area (Å²) in [7, 11) is 3.12. The van der Waals surface area contributed by atoms with E-state index in [1.807, 2.05) is 12.1 Å². The van der Waals surface area contributed by atoms with Gasteiger partial charge in [-0.2, -0.15) is 0 Å². The molecule has 1 aromatic carbocycles. The second-order valence-electron chi connectivity index (χ2n) is 3.37. The number of imide groups is 1. The number of rotatable bonds is 6. The predicted molar refractivity (Wildman–Crippen MR) is 62.1 cm³/mol. The normalized spacial score (nSPS) is 9.53. The molecule has 92 valence electrons. The highest BCUT2D eigenvalue weighted by Gasteiger charge is 2.06. The highest BCUT2D eigenvalue weighted by atomic mass is 16.5. The van der Waals surface area contributed by atoms with Crippen LogP contribution in [0.15, 0.2) is 18.2 Å². The van der Waals surface area contributed by atoms with Crippen molar-refractivity contribution in [2.24, 2.45) is 0 Å². The van der Waals surface area contributed by atoms with Gasteiger partial charge >= 0.3 is 0 Å². The molecule has 0 aliphatic heterocycles. The molecule has 0 unspecified atom stereocenters. The summed E-state index contributed by atoms with van der Waals surface area (Å²) in [5.41, 5.74) is 0.948. The van der Waals surface area contributed by atoms with E-state index < -0.39 is 0 Å². The van der Waals surface area contributed by atoms with Crippen molar-refractivity contribution in [1.82, 2.24) is 5.32 Å². The number of aryl methyl sites for hydroxylation is 1. The number of hydrogen-bond acceptors (Lipinski definition) is 4. The summed E-state index contributed by atoms with van der Waals surface area (Å²) in [6, 6.07) is 5.45. The van der Waals surface area contributed by atoms with Gasteiger partial charge in [0.05, 0.1) is 14.2 Å². The summed E-state index contributed by atoms with van der Waals surface area (Å²) in [6.45, 7) is 0. The largest absolute Gasteiger partial charge is 0.493 e. The van der Waals surface area contributed by atoms with Crippen LogP contribution in [0.25, 0.3) is 0 Å². The zero-order valence-corrected chi connectivity index (χ0v) is 9.86. The summed E-state index contributed by atoms with van der Waals surface area (Å²) in [5.74, 6) is 0.976. The second-order valence-corrected chi connectivity index (χ2v) is 3.37. The molecule has 1 aromatic rings. The third kappa shape index (κ3) is 3.79. The van der Waals surface area contributed by atoms with Crippen molar-refractivity contribution in [2.45, 2.75) is 12.8 Å². The number of carbonyl (C=O) groups is 2. The van der Waals surface area contributed by atoms with Crippen molar-refractivity contribution in [2.75, 3.05) is 14.2 Å². The topological polar surface area (TPSA) is 64.6 Å². The van der Waals surface area contributed by atoms with Crippen molar-refractivity contribution in [3.63, 3.8) is 0 Å². The Hall–Kier alpha value is -2.04. The average Bonchev–Trinajstić information content (AvgIpc) is 2.36. The van der Waals surface area contributed by atoms with Crippen LogP contribution in [0.4, 0.5) is 0 Å². The average molecular weight is 237 g/mol. The van der Waals surface area contributed by atoms with Crippen molar-refractivity contribution < 1.29 is 19.1 Å². The molecule has 0 heterocycles. The van der Waals surface area contributed by atoms with E-state index in [2.05, 4.69) is 5.32 Å². The molecule has 5 heteroatoms. The quantitative estimate of drug-likeness (QED) is 0.747. The molecule has 1 rings (SSSR count). The standard InChI is InChI=1S/C12H15NO4/c1-16-10-5-3-9(7-11(10)17-2)4-6-12(15)13-8-14/h3,5,7-8H,4,6H2,1-2H3,(H,13,14,15). The highest BCUT2D eigenvalue weighted by Crippen LogP contribution is 2.27. The molecular weight excluding hydrogens is 222 g/mol. The van der Waals surface area contributed by atoms with Gasteiger partial charge in [0, 0.05) is 6.42 Å². The number of nitrogens with one attached hydrogen (secondary N) is 1. The Kier molecular flexibility index (Phi) is 5.00. The Balaban J connectivity index is 2.66. The van der Waals surface area contributed by atoms with Crippen LogP contribution in [0.2, 0.25) is 0 Å². The lowest BCUT2D eigenvalue weighted by Gasteiger charge is -2.09. The minimum absolute atomic E-state index is 0.258. The minimum Gasteiger partial charge on any atom is -0.493 e. The Bertz CT molecular complexity index is 403. The molecule has 0 saturated heterocycles. The van der Waals surface area contributed by atoms with Crippen LogP contribution in [-0.2, 0) is 16.0 Å². The first-order valence-corrected chi connectivity index (χ1v) is 5.15. The lowest BCUT2D eigenvalue weighted by Crippen LogP contribution is -2.21. The van der Waals surface area contributed by atoms with E-state index in [9.17, 15) is 9.59 Å². The van der Waals surface area contributed by atoms with Gasteiger partial charge in [-0.1, -0.05) is 6.07 Å². The first kappa shape index (κ1) is 13.0. The van der Waals surface area contributed by atoms with E-state index in [-0.39, 0.29) is 12.3 Å². The predicted octanol–water partition coefficient (Wildman–Crippen LogP) is 0.909. The van der Waals surface area contributed by atoms with Crippen LogP contribution in [0, 0.1) is 0 Å². The molecule has 0 bridgehead atoms. The molecule has 0 fully saturated rings. The monoisotopic (exact) mass is 237 g/mol. The van der Waals surface area contributed by atoms with Gasteiger partial charge in [0.25, 0.3) is 0 Å². The molecule has 2 amide bonds. The Morgan fingerprint density at radius 2 is 2.00 bits per heavy atom. The first-order valence-electron chi connectivity index (χ1n) is 5.15. The maximum Gasteiger partial charge on any atom is 0.226 e. The third-order valence-corrected chi connectivity index (χ3v) is 2.31. The number of benzene rings is 1. The van der Waals surface area contributed by atoms with Gasteiger partial charge < -0.3 is 9.47 Å². The summed E-state index contributed by atoms with van der Waals surface area (Å²) in [5, 5.41) is 2.09. The fourth-order valence-electron chi connectivity index (χ4n) is 1.43. The number of hydrogen-bond donors (Lipinski definition) is 1. The molecule has 17 heavy (non-hydrogen) atoms. The van der Waals surface area contributed by atoms with Gasteiger partial charge in [-0.25, -0.2) is 0 Å². The van der Waals surface area contributed by atoms with Gasteiger partial charge in [-0.05, 0) is 24.1 Å². The number of ether oxygens (including phenoxy) is 2. The summed E-state index contributed by atoms with van der Waals surface area (Å²) >= 11 is 0. The number of amides is 2. The van der Waals surface area contributed by atoms with Gasteiger partial charge in [-0.15, -0.1) is 0 Å². The van der Waals surface area contributed by atoms with Gasteiger partial charge in [0.15, 0.2) is 11.5 Å². The molecule has 0 atom stereocenters. The number of carbonyl (C=O) groups excluding carboxylic acids is 2. The Morgan fingerprint density at radius 1 is 1.29 bits per heavy atom. The smallest absolute Gasteiger partial charge is 0.226 e. The summed E-state index contributed by atoms with van der Waals surface area (Å²) in [6.07, 6.45) is 1.19. The maximum atomic E-state index is 11.1. The Morgan fingerprint density at radius 3 is 2.59 bits per heavy atom. The van der Waals surface area contributed by atoms with Crippen LogP contribution in [-0.4, -0.2) is 26.5 Å². The van der Waals surface area contributed by atoms with E-state index in [0.29, 0.717) is 24.3 Å². The third-order valence-electron chi connectivity index (χ3n) is 2.31. The summed E-state index contributed by atoms with van der Waals surface area (Å²) < 4.78 is 10.3. The van der Waals surface area contributed by atoms with E-state index in [0.717, 1.165) is 5.56 Å². The molecule has 1 N–H and O–H groups in total. The zero-order valence-electron chi connectivity index (χ0n) is 9.86. The van der Waals surface area contributed by atoms with Crippen LogP contribution in [0.5, 0.6) is 11.5 Å². The molecule has 0 aromatic heterocycles. The zero-order chi connectivity index (χ0) is 12.7. The molecule has 0 radical (unpaired) electrons. The maximum absolute atomic E-state index is 11.1. The van der Waals surface area contributed by atoms with Gasteiger partial charge in [0.2, 0.25) is 12.3 Å². The van der Waals surface area contributed by atoms with Crippen LogP contribution in [0.1, 0.15) is 12.0 Å². The molecule has 0 spiro atoms. The molecule has 0 aliphatic rings. The van der Waals surface area contributed by atoms with E-state index in [4.69, 9.17) is 9.47 Å². The van der Waals surface area contributed by atoms with Crippen molar-refractivity contribution in [3.05, 3.63) is 23.8 Å². The molecular formula is C12H15NO4. The lowest BCUT2D eigenvalue weighted by atomic mass is 10.1. The fourth-order valence-corrected chi connectivity index (χ4v) is 1.43. The minimum atomic E-state index is -0.296. The van der Waals surface area contributed by atoms with Crippen LogP contribution < -0.4 is 14.8 Å². The SMILES string of the molecule is COc1ccc(CCC(=O)NC=O)cc1OC. The van der Waals surface area contributed by atoms with E-state index in [1.54, 1.807) is 20.3 Å². The van der Waals surface area contributed by atoms with Crippen LogP contribution in [0.3, 0.4) is 0 Å². The molecule has 0 aliphatic carbocycles. The van der Waals surface area contributed by atoms with Gasteiger partial charge in [-0.3, -0.25) is 14.9 Å². The fraction of sp³-hybridized carbons (Fsp3) is 0.333. The van der Waals surface area contributed by atoms with Crippen molar-refractivity contribution in [3.8, 4) is 11.5 Å². The van der Waals surface area contributed by atoms with E-state index >= 15 is 0 Å². The number of methoxy groups -OCH3 is 2. The summed E-state index contributed by atoms with van der Waals surface area (Å²) in [4.78, 5) is 21.1. The van der Waals surface area contributed by atoms with Crippen LogP contribution >= 0.6 is 0 Å². The second kappa shape index (κ2) is 6.52. The molecule has 0 saturated carbocycles. The highest BCUT2D eigenvalue weighted by molar-refractivity contribution is 5.85.